The third kappa shape index (κ3) is 3.32. The fraction of sp³-hybridized carbons (Fsp3) is 0.389. The molecule has 0 saturated carbocycles. The van der Waals surface area contributed by atoms with E-state index in [2.05, 4.69) is 10.00 Å². The van der Waals surface area contributed by atoms with Crippen LogP contribution in [0.4, 0.5) is 4.79 Å². The van der Waals surface area contributed by atoms with E-state index in [-0.39, 0.29) is 11.7 Å². The summed E-state index contributed by atoms with van der Waals surface area (Å²) in [7, 11) is 0. The van der Waals surface area contributed by atoms with Crippen molar-refractivity contribution in [2.45, 2.75) is 6.54 Å². The Balaban J connectivity index is 1.34. The molecule has 4 rings (SSSR count). The molecule has 2 unspecified atom stereocenters. The molecule has 26 heavy (non-hydrogen) atoms. The summed E-state index contributed by atoms with van der Waals surface area (Å²) in [5.41, 5.74) is 1.12. The lowest BCUT2D eigenvalue weighted by molar-refractivity contribution is 0.0690. The second-order valence-corrected chi connectivity index (χ2v) is 7.42. The van der Waals surface area contributed by atoms with Gasteiger partial charge in [-0.15, -0.1) is 0 Å². The number of carbonyl (C=O) groups is 2. The van der Waals surface area contributed by atoms with Crippen molar-refractivity contribution in [1.29, 1.82) is 0 Å². The molecule has 0 bridgehead atoms. The Morgan fingerprint density at radius 1 is 1.08 bits per heavy atom. The molecule has 1 aromatic carbocycles. The van der Waals surface area contributed by atoms with Gasteiger partial charge in [0.05, 0.1) is 0 Å². The van der Waals surface area contributed by atoms with Crippen LogP contribution >= 0.6 is 11.6 Å². The lowest BCUT2D eigenvalue weighted by atomic mass is 10.0. The fourth-order valence-corrected chi connectivity index (χ4v) is 4.04. The molecule has 2 aliphatic heterocycles. The first-order valence-corrected chi connectivity index (χ1v) is 8.92. The van der Waals surface area contributed by atoms with Crippen molar-refractivity contribution in [2.75, 3.05) is 26.2 Å². The van der Waals surface area contributed by atoms with E-state index in [1.807, 2.05) is 24.3 Å². The number of carboxylic acid groups (broad SMARTS) is 1. The number of hydrogen-bond acceptors (Lipinski definition) is 4. The fourth-order valence-electron chi connectivity index (χ4n) is 3.91. The lowest BCUT2D eigenvalue weighted by Gasteiger charge is -2.21. The molecule has 2 atom stereocenters. The normalized spacial score (nSPS) is 22.6. The first-order chi connectivity index (χ1) is 12.5. The number of benzene rings is 1. The molecular formula is C18H19ClN4O3. The average Bonchev–Trinajstić information content (AvgIpc) is 3.30. The summed E-state index contributed by atoms with van der Waals surface area (Å²) in [5, 5.41) is 13.5. The zero-order chi connectivity index (χ0) is 18.3. The summed E-state index contributed by atoms with van der Waals surface area (Å²) >= 11 is 5.93. The van der Waals surface area contributed by atoms with Crippen LogP contribution in [0.25, 0.3) is 0 Å². The SMILES string of the molecule is O=C(O)c1ccn(C(=O)N2CC3CN(Cc4ccc(Cl)cc4)CC3C2)n1. The van der Waals surface area contributed by atoms with E-state index in [4.69, 9.17) is 16.7 Å². The van der Waals surface area contributed by atoms with Gasteiger partial charge in [0.25, 0.3) is 0 Å². The number of amides is 1. The van der Waals surface area contributed by atoms with E-state index in [1.54, 1.807) is 4.90 Å². The molecule has 2 aliphatic rings. The minimum atomic E-state index is -1.13. The zero-order valence-corrected chi connectivity index (χ0v) is 14.8. The Hall–Kier alpha value is -2.38. The van der Waals surface area contributed by atoms with Crippen LogP contribution in [0.3, 0.4) is 0 Å². The molecule has 2 saturated heterocycles. The lowest BCUT2D eigenvalue weighted by Crippen LogP contribution is -2.36. The third-order valence-corrected chi connectivity index (χ3v) is 5.41. The van der Waals surface area contributed by atoms with Crippen molar-refractivity contribution >= 4 is 23.6 Å². The van der Waals surface area contributed by atoms with Gasteiger partial charge in [-0.05, 0) is 35.6 Å². The van der Waals surface area contributed by atoms with E-state index >= 15 is 0 Å². The molecule has 136 valence electrons. The van der Waals surface area contributed by atoms with Gasteiger partial charge < -0.3 is 10.0 Å². The average molecular weight is 375 g/mol. The molecule has 2 aromatic rings. The molecule has 1 amide bonds. The number of nitrogens with zero attached hydrogens (tertiary/aromatic N) is 4. The monoisotopic (exact) mass is 374 g/mol. The van der Waals surface area contributed by atoms with E-state index in [0.717, 1.165) is 29.3 Å². The highest BCUT2D eigenvalue weighted by Gasteiger charge is 2.41. The summed E-state index contributed by atoms with van der Waals surface area (Å²) in [6, 6.07) is 8.99. The minimum absolute atomic E-state index is 0.119. The molecule has 0 aliphatic carbocycles. The molecular weight excluding hydrogens is 356 g/mol. The third-order valence-electron chi connectivity index (χ3n) is 5.16. The number of carboxylic acids is 1. The highest BCUT2D eigenvalue weighted by molar-refractivity contribution is 6.30. The van der Waals surface area contributed by atoms with Gasteiger partial charge in [-0.1, -0.05) is 23.7 Å². The van der Waals surface area contributed by atoms with Crippen molar-refractivity contribution in [3.05, 3.63) is 52.8 Å². The summed E-state index contributed by atoms with van der Waals surface area (Å²) in [4.78, 5) is 27.6. The summed E-state index contributed by atoms with van der Waals surface area (Å²) in [5.74, 6) is -0.241. The van der Waals surface area contributed by atoms with E-state index in [9.17, 15) is 9.59 Å². The van der Waals surface area contributed by atoms with Crippen LogP contribution in [0.5, 0.6) is 0 Å². The molecule has 7 nitrogen and oxygen atoms in total. The van der Waals surface area contributed by atoms with E-state index in [0.29, 0.717) is 24.9 Å². The van der Waals surface area contributed by atoms with Gasteiger partial charge in [0, 0.05) is 43.9 Å². The van der Waals surface area contributed by atoms with Crippen LogP contribution < -0.4 is 0 Å². The van der Waals surface area contributed by atoms with Crippen molar-refractivity contribution in [2.24, 2.45) is 11.8 Å². The van der Waals surface area contributed by atoms with Gasteiger partial charge in [-0.3, -0.25) is 4.90 Å². The Morgan fingerprint density at radius 3 is 2.31 bits per heavy atom. The van der Waals surface area contributed by atoms with Crippen LogP contribution in [-0.4, -0.2) is 62.9 Å². The van der Waals surface area contributed by atoms with Crippen LogP contribution in [0.15, 0.2) is 36.5 Å². The number of aromatic carboxylic acids is 1. The highest BCUT2D eigenvalue weighted by atomic mass is 35.5. The van der Waals surface area contributed by atoms with Crippen molar-refractivity contribution in [3.63, 3.8) is 0 Å². The largest absolute Gasteiger partial charge is 0.476 e. The molecule has 2 fully saturated rings. The molecule has 3 heterocycles. The highest BCUT2D eigenvalue weighted by Crippen LogP contribution is 2.32. The predicted octanol–water partition coefficient (Wildman–Crippen LogP) is 2.27. The van der Waals surface area contributed by atoms with Gasteiger partial charge in [-0.25, -0.2) is 9.59 Å². The van der Waals surface area contributed by atoms with Crippen LogP contribution in [-0.2, 0) is 6.54 Å². The predicted molar refractivity (Wildman–Crippen MR) is 95.3 cm³/mol. The van der Waals surface area contributed by atoms with Gasteiger partial charge in [0.2, 0.25) is 0 Å². The standard InChI is InChI=1S/C18H19ClN4O3/c19-15-3-1-12(2-4-15)7-21-8-13-10-22(11-14(13)9-21)18(26)23-6-5-16(20-23)17(24)25/h1-6,13-14H,7-11H2,(H,24,25). The molecule has 0 radical (unpaired) electrons. The number of hydrogen-bond donors (Lipinski definition) is 1. The van der Waals surface area contributed by atoms with Gasteiger partial charge in [0.1, 0.15) is 0 Å². The topological polar surface area (TPSA) is 78.7 Å². The quantitative estimate of drug-likeness (QED) is 0.891. The van der Waals surface area contributed by atoms with Crippen LogP contribution in [0, 0.1) is 11.8 Å². The van der Waals surface area contributed by atoms with E-state index < -0.39 is 5.97 Å². The second kappa shape index (κ2) is 6.74. The molecule has 1 N–H and O–H groups in total. The van der Waals surface area contributed by atoms with Gasteiger partial charge >= 0.3 is 12.0 Å². The molecule has 0 spiro atoms. The van der Waals surface area contributed by atoms with E-state index in [1.165, 1.54) is 17.8 Å². The Bertz CT molecular complexity index is 821. The number of halogens is 1. The van der Waals surface area contributed by atoms with Crippen LogP contribution in [0.2, 0.25) is 5.02 Å². The Labute approximate surface area is 155 Å². The Morgan fingerprint density at radius 2 is 1.73 bits per heavy atom. The maximum atomic E-state index is 12.5. The second-order valence-electron chi connectivity index (χ2n) is 6.98. The Kier molecular flexibility index (Phi) is 4.42. The number of aromatic nitrogens is 2. The molecule has 8 heteroatoms. The zero-order valence-electron chi connectivity index (χ0n) is 14.1. The first-order valence-electron chi connectivity index (χ1n) is 8.54. The number of carbonyl (C=O) groups excluding carboxylic acids is 1. The van der Waals surface area contributed by atoms with Crippen molar-refractivity contribution in [1.82, 2.24) is 19.6 Å². The molecule has 1 aromatic heterocycles. The summed E-state index contributed by atoms with van der Waals surface area (Å²) in [6.45, 7) is 4.16. The van der Waals surface area contributed by atoms with Gasteiger partial charge in [-0.2, -0.15) is 9.78 Å². The maximum absolute atomic E-state index is 12.5. The van der Waals surface area contributed by atoms with Gasteiger partial charge in [0.15, 0.2) is 5.69 Å². The maximum Gasteiger partial charge on any atom is 0.356 e. The number of likely N-dealkylation sites (tertiary alicyclic amines) is 2. The van der Waals surface area contributed by atoms with Crippen molar-refractivity contribution in [3.8, 4) is 0 Å². The number of fused-ring (bicyclic) bond motifs is 1. The summed E-state index contributed by atoms with van der Waals surface area (Å²) in [6.07, 6.45) is 1.41. The minimum Gasteiger partial charge on any atom is -0.476 e. The smallest absolute Gasteiger partial charge is 0.356 e. The summed E-state index contributed by atoms with van der Waals surface area (Å²) < 4.78 is 1.12. The van der Waals surface area contributed by atoms with Crippen LogP contribution in [0.1, 0.15) is 16.1 Å². The number of rotatable bonds is 3. The first kappa shape index (κ1) is 17.1. The van der Waals surface area contributed by atoms with Crippen molar-refractivity contribution < 1.29 is 14.7 Å².